The molecule has 1 aliphatic heterocycles. The van der Waals surface area contributed by atoms with Crippen LogP contribution in [0.25, 0.3) is 6.08 Å². The Labute approximate surface area is 136 Å². The molecule has 1 heterocycles. The van der Waals surface area contributed by atoms with E-state index in [1.54, 1.807) is 0 Å². The number of aryl methyl sites for hydroxylation is 1. The van der Waals surface area contributed by atoms with E-state index in [1.807, 2.05) is 13.8 Å². The number of fused-ring (bicyclic) bond motifs is 1. The molecule has 0 radical (unpaired) electrons. The predicted molar refractivity (Wildman–Crippen MR) is 81.7 cm³/mol. The predicted octanol–water partition coefficient (Wildman–Crippen LogP) is 3.89. The Balaban J connectivity index is 2.43. The summed E-state index contributed by atoms with van der Waals surface area (Å²) in [4.78, 5) is 11.2. The highest BCUT2D eigenvalue weighted by atomic mass is 35.5. The first-order valence-corrected chi connectivity index (χ1v) is 7.50. The average molecular weight is 350 g/mol. The highest BCUT2D eigenvalue weighted by molar-refractivity contribution is 6.31. The van der Waals surface area contributed by atoms with Crippen molar-refractivity contribution in [1.29, 1.82) is 0 Å². The van der Waals surface area contributed by atoms with Crippen molar-refractivity contribution in [3.63, 3.8) is 0 Å². The van der Waals surface area contributed by atoms with E-state index in [-0.39, 0.29) is 11.3 Å². The zero-order valence-corrected chi connectivity index (χ0v) is 13.4. The van der Waals surface area contributed by atoms with Crippen LogP contribution < -0.4 is 4.74 Å². The van der Waals surface area contributed by atoms with E-state index in [0.717, 1.165) is 12.5 Å². The topological polar surface area (TPSA) is 49.2 Å². The number of hydrogen-bond donors (Lipinski definition) is 0. The molecule has 1 atom stereocenters. The molecule has 0 bridgehead atoms. The van der Waals surface area contributed by atoms with Gasteiger partial charge in [-0.15, -0.1) is 0 Å². The Kier molecular flexibility index (Phi) is 4.94. The van der Waals surface area contributed by atoms with Gasteiger partial charge < -0.3 is 9.84 Å². The molecule has 2 rings (SSSR count). The third kappa shape index (κ3) is 3.99. The van der Waals surface area contributed by atoms with Crippen molar-refractivity contribution in [2.24, 2.45) is 5.92 Å². The second kappa shape index (κ2) is 6.43. The van der Waals surface area contributed by atoms with Crippen LogP contribution in [-0.4, -0.2) is 23.4 Å². The molecule has 23 heavy (non-hydrogen) atoms. The van der Waals surface area contributed by atoms with E-state index in [0.29, 0.717) is 22.9 Å². The van der Waals surface area contributed by atoms with Crippen molar-refractivity contribution < 1.29 is 27.8 Å². The molecule has 0 fully saturated rings. The monoisotopic (exact) mass is 349 g/mol. The molecule has 7 heteroatoms. The van der Waals surface area contributed by atoms with E-state index in [1.165, 1.54) is 12.1 Å². The lowest BCUT2D eigenvalue weighted by Gasteiger charge is -2.26. The summed E-state index contributed by atoms with van der Waals surface area (Å²) in [5.74, 6) is -0.961. The van der Waals surface area contributed by atoms with E-state index in [2.05, 4.69) is 0 Å². The summed E-state index contributed by atoms with van der Waals surface area (Å²) in [7, 11) is 0. The van der Waals surface area contributed by atoms with Gasteiger partial charge in [-0.2, -0.15) is 13.2 Å². The Hall–Kier alpha value is -1.69. The van der Waals surface area contributed by atoms with Gasteiger partial charge in [-0.1, -0.05) is 25.4 Å². The standard InChI is InChI=1S/C16H16ClF3O3/c1-8(2)3-4-9-7-13-10(6-12(9)17)5-11(15(21)22)14(23-13)16(18,19)20/h5-8,14H,3-4H2,1-2H3,(H,21,22)/p+1. The number of carbonyl (C=O) groups excluding carboxylic acids is 1. The normalized spacial score (nSPS) is 17.5. The number of hydrogen-bond acceptors (Lipinski definition) is 2. The van der Waals surface area contributed by atoms with E-state index < -0.39 is 23.8 Å². The summed E-state index contributed by atoms with van der Waals surface area (Å²) in [5, 5.41) is 7.42. The van der Waals surface area contributed by atoms with Crippen LogP contribution in [0.15, 0.2) is 17.7 Å². The highest BCUT2D eigenvalue weighted by Gasteiger charge is 2.50. The third-order valence-corrected chi connectivity index (χ3v) is 3.92. The number of rotatable bonds is 4. The fraction of sp³-hybridized carbons (Fsp3) is 0.438. The van der Waals surface area contributed by atoms with Gasteiger partial charge in [0.1, 0.15) is 5.75 Å². The van der Waals surface area contributed by atoms with Crippen LogP contribution >= 0.6 is 11.6 Å². The molecule has 126 valence electrons. The third-order valence-electron chi connectivity index (χ3n) is 3.57. The van der Waals surface area contributed by atoms with Crippen molar-refractivity contribution in [2.45, 2.75) is 39.0 Å². The second-order valence-electron chi connectivity index (χ2n) is 5.88. The highest BCUT2D eigenvalue weighted by Crippen LogP contribution is 2.39. The molecule has 2 N–H and O–H groups in total. The largest absolute Gasteiger partial charge is 0.561 e. The van der Waals surface area contributed by atoms with E-state index in [4.69, 9.17) is 21.4 Å². The number of halogens is 4. The van der Waals surface area contributed by atoms with Crippen molar-refractivity contribution in [3.05, 3.63) is 33.9 Å². The Bertz CT molecular complexity index is 651. The summed E-state index contributed by atoms with van der Waals surface area (Å²) in [5.41, 5.74) is 0.240. The second-order valence-corrected chi connectivity index (χ2v) is 6.29. The van der Waals surface area contributed by atoms with Crippen molar-refractivity contribution in [2.75, 3.05) is 0 Å². The van der Waals surface area contributed by atoms with Crippen LogP contribution in [0.2, 0.25) is 5.02 Å². The Morgan fingerprint density at radius 2 is 2.04 bits per heavy atom. The summed E-state index contributed by atoms with van der Waals surface area (Å²) < 4.78 is 44.1. The fourth-order valence-electron chi connectivity index (χ4n) is 2.32. The van der Waals surface area contributed by atoms with Gasteiger partial charge in [-0.25, -0.2) is 0 Å². The molecule has 0 aliphatic carbocycles. The minimum absolute atomic E-state index is 0.0282. The molecule has 1 aliphatic rings. The van der Waals surface area contributed by atoms with Gasteiger partial charge in [-0.05, 0) is 42.5 Å². The molecule has 1 aromatic carbocycles. The Morgan fingerprint density at radius 3 is 2.57 bits per heavy atom. The molecular formula is C16H17ClF3O3+. The first kappa shape index (κ1) is 17.7. The number of ether oxygens (including phenoxy) is 1. The number of alkyl halides is 3. The van der Waals surface area contributed by atoms with Gasteiger partial charge in [0.15, 0.2) is 5.57 Å². The maximum Gasteiger partial charge on any atom is 0.549 e. The zero-order chi connectivity index (χ0) is 17.4. The number of carbonyl (C=O) groups is 1. The summed E-state index contributed by atoms with van der Waals surface area (Å²) >= 11 is 6.16. The van der Waals surface area contributed by atoms with E-state index >= 15 is 0 Å². The van der Waals surface area contributed by atoms with Gasteiger partial charge in [0.2, 0.25) is 6.10 Å². The zero-order valence-electron chi connectivity index (χ0n) is 12.6. The molecule has 0 saturated carbocycles. The maximum absolute atomic E-state index is 13.1. The lowest BCUT2D eigenvalue weighted by Crippen LogP contribution is -2.40. The van der Waals surface area contributed by atoms with Gasteiger partial charge in [0.05, 0.1) is 0 Å². The molecule has 1 aromatic rings. The molecule has 0 saturated heterocycles. The lowest BCUT2D eigenvalue weighted by molar-refractivity contribution is -0.187. The molecule has 0 amide bonds. The minimum atomic E-state index is -4.77. The molecule has 0 spiro atoms. The first-order valence-electron chi connectivity index (χ1n) is 7.13. The SMILES string of the molecule is CC(C)CCc1cc2c(cc1Cl)C=C(C(=O)[OH2+])C(C(F)(F)F)O2. The van der Waals surface area contributed by atoms with Crippen LogP contribution in [0.1, 0.15) is 31.4 Å². The molecule has 0 aromatic heterocycles. The smallest absolute Gasteiger partial charge is 0.549 e. The molecule has 1 unspecified atom stereocenters. The van der Waals surface area contributed by atoms with Gasteiger partial charge >= 0.3 is 12.1 Å². The van der Waals surface area contributed by atoms with Gasteiger partial charge in [0.25, 0.3) is 0 Å². The molecule has 3 nitrogen and oxygen atoms in total. The van der Waals surface area contributed by atoms with Crippen LogP contribution in [0.5, 0.6) is 5.75 Å². The fourth-order valence-corrected chi connectivity index (χ4v) is 2.59. The molecular weight excluding hydrogens is 333 g/mol. The van der Waals surface area contributed by atoms with Crippen LogP contribution in [-0.2, 0) is 11.2 Å². The number of benzene rings is 1. The van der Waals surface area contributed by atoms with Crippen LogP contribution in [0.3, 0.4) is 0 Å². The lowest BCUT2D eigenvalue weighted by atomic mass is 9.97. The summed E-state index contributed by atoms with van der Waals surface area (Å²) in [6, 6.07) is 2.96. The average Bonchev–Trinajstić information content (AvgIpc) is 2.42. The van der Waals surface area contributed by atoms with Gasteiger partial charge in [-0.3, -0.25) is 0 Å². The van der Waals surface area contributed by atoms with Crippen molar-refractivity contribution in [3.8, 4) is 5.75 Å². The minimum Gasteiger partial charge on any atom is -0.561 e. The van der Waals surface area contributed by atoms with Crippen molar-refractivity contribution in [1.82, 2.24) is 0 Å². The van der Waals surface area contributed by atoms with E-state index in [9.17, 15) is 18.0 Å². The quantitative estimate of drug-likeness (QED) is 0.774. The summed E-state index contributed by atoms with van der Waals surface area (Å²) in [6.45, 7) is 4.08. The Morgan fingerprint density at radius 1 is 1.39 bits per heavy atom. The van der Waals surface area contributed by atoms with Crippen molar-refractivity contribution >= 4 is 23.6 Å². The van der Waals surface area contributed by atoms with Crippen LogP contribution in [0, 0.1) is 5.92 Å². The van der Waals surface area contributed by atoms with Crippen LogP contribution in [0.4, 0.5) is 13.2 Å². The first-order chi connectivity index (χ1) is 10.6. The van der Waals surface area contributed by atoms with Gasteiger partial charge in [0, 0.05) is 15.4 Å². The summed E-state index contributed by atoms with van der Waals surface area (Å²) in [6.07, 6.45) is -4.69. The maximum atomic E-state index is 13.1.